The SMILES string of the molecule is COC(=O)CCCCCCCCC1=C[C@@H](C[C@H](C)CCCC(C)C)[C@H](C(C)=O)CC1. The smallest absolute Gasteiger partial charge is 0.305 e. The second-order valence-electron chi connectivity index (χ2n) is 10.1. The Morgan fingerprint density at radius 1 is 1.00 bits per heavy atom. The van der Waals surface area contributed by atoms with Gasteiger partial charge in [0.2, 0.25) is 0 Å². The number of esters is 1. The van der Waals surface area contributed by atoms with Crippen LogP contribution in [0.3, 0.4) is 0 Å². The number of allylic oxidation sites excluding steroid dienone is 2. The van der Waals surface area contributed by atoms with Gasteiger partial charge in [-0.1, -0.05) is 77.4 Å². The highest BCUT2D eigenvalue weighted by atomic mass is 16.5. The quantitative estimate of drug-likeness (QED) is 0.146. The molecular weight excluding hydrogens is 372 g/mol. The van der Waals surface area contributed by atoms with Crippen molar-refractivity contribution < 1.29 is 14.3 Å². The van der Waals surface area contributed by atoms with Crippen LogP contribution in [-0.4, -0.2) is 18.9 Å². The predicted octanol–water partition coefficient (Wildman–Crippen LogP) is 7.67. The first-order valence-corrected chi connectivity index (χ1v) is 12.6. The second-order valence-corrected chi connectivity index (χ2v) is 10.1. The number of carbonyl (C=O) groups excluding carboxylic acids is 2. The molecule has 0 unspecified atom stereocenters. The van der Waals surface area contributed by atoms with E-state index in [2.05, 4.69) is 31.6 Å². The van der Waals surface area contributed by atoms with Crippen molar-refractivity contribution in [3.8, 4) is 0 Å². The van der Waals surface area contributed by atoms with E-state index < -0.39 is 0 Å². The lowest BCUT2D eigenvalue weighted by atomic mass is 9.73. The molecule has 0 aromatic rings. The van der Waals surface area contributed by atoms with Gasteiger partial charge in [-0.05, 0) is 63.2 Å². The summed E-state index contributed by atoms with van der Waals surface area (Å²) in [4.78, 5) is 23.3. The number of ether oxygens (including phenoxy) is 1. The lowest BCUT2D eigenvalue weighted by Gasteiger charge is -2.31. The molecular formula is C27H48O3. The number of methoxy groups -OCH3 is 1. The summed E-state index contributed by atoms with van der Waals surface area (Å²) in [6.07, 6.45) is 18.5. The summed E-state index contributed by atoms with van der Waals surface area (Å²) in [7, 11) is 1.46. The van der Waals surface area contributed by atoms with E-state index in [0.29, 0.717) is 24.0 Å². The molecule has 3 nitrogen and oxygen atoms in total. The minimum Gasteiger partial charge on any atom is -0.469 e. The maximum atomic E-state index is 12.2. The highest BCUT2D eigenvalue weighted by Gasteiger charge is 2.29. The van der Waals surface area contributed by atoms with Crippen molar-refractivity contribution in [1.82, 2.24) is 0 Å². The first kappa shape index (κ1) is 26.9. The van der Waals surface area contributed by atoms with Gasteiger partial charge in [-0.2, -0.15) is 0 Å². The second kappa shape index (κ2) is 15.6. The van der Waals surface area contributed by atoms with Crippen molar-refractivity contribution >= 4 is 11.8 Å². The maximum Gasteiger partial charge on any atom is 0.305 e. The fourth-order valence-corrected chi connectivity index (χ4v) is 4.89. The summed E-state index contributed by atoms with van der Waals surface area (Å²) in [5.74, 6) is 2.49. The van der Waals surface area contributed by atoms with Crippen LogP contribution in [0, 0.1) is 23.7 Å². The zero-order valence-electron chi connectivity index (χ0n) is 20.5. The third-order valence-electron chi connectivity index (χ3n) is 6.77. The van der Waals surface area contributed by atoms with Crippen LogP contribution in [0.2, 0.25) is 0 Å². The minimum absolute atomic E-state index is 0.0908. The number of ketones is 1. The standard InChI is InChI=1S/C27H48O3/c1-21(2)13-12-14-22(3)19-25-20-24(17-18-26(25)23(4)28)15-10-8-6-7-9-11-16-27(29)30-5/h20-22,25-26H,6-19H2,1-5H3/t22-,25-,26+/m1/s1. The fraction of sp³-hybridized carbons (Fsp3) is 0.852. The highest BCUT2D eigenvalue weighted by molar-refractivity contribution is 5.79. The molecule has 3 atom stereocenters. The number of unbranched alkanes of at least 4 members (excludes halogenated alkanes) is 5. The van der Waals surface area contributed by atoms with Crippen molar-refractivity contribution in [1.29, 1.82) is 0 Å². The zero-order chi connectivity index (χ0) is 22.4. The van der Waals surface area contributed by atoms with Crippen molar-refractivity contribution in [2.24, 2.45) is 23.7 Å². The summed E-state index contributed by atoms with van der Waals surface area (Å²) in [5, 5.41) is 0. The van der Waals surface area contributed by atoms with Crippen molar-refractivity contribution in [2.75, 3.05) is 7.11 Å². The van der Waals surface area contributed by atoms with Crippen LogP contribution >= 0.6 is 0 Å². The van der Waals surface area contributed by atoms with Crippen LogP contribution in [0.5, 0.6) is 0 Å². The average Bonchev–Trinajstić information content (AvgIpc) is 2.69. The van der Waals surface area contributed by atoms with Crippen molar-refractivity contribution in [3.63, 3.8) is 0 Å². The Morgan fingerprint density at radius 3 is 2.30 bits per heavy atom. The molecule has 0 aliphatic heterocycles. The molecule has 3 heteroatoms. The van der Waals surface area contributed by atoms with Crippen molar-refractivity contribution in [2.45, 2.75) is 118 Å². The van der Waals surface area contributed by atoms with E-state index in [1.165, 1.54) is 64.9 Å². The van der Waals surface area contributed by atoms with E-state index in [9.17, 15) is 9.59 Å². The van der Waals surface area contributed by atoms with E-state index >= 15 is 0 Å². The molecule has 174 valence electrons. The summed E-state index contributed by atoms with van der Waals surface area (Å²) < 4.78 is 4.68. The van der Waals surface area contributed by atoms with Gasteiger partial charge in [-0.3, -0.25) is 9.59 Å². The molecule has 0 aromatic heterocycles. The van der Waals surface area contributed by atoms with Crippen LogP contribution in [0.4, 0.5) is 0 Å². The lowest BCUT2D eigenvalue weighted by Crippen LogP contribution is -2.26. The molecule has 0 bridgehead atoms. The van der Waals surface area contributed by atoms with Gasteiger partial charge in [0.25, 0.3) is 0 Å². The van der Waals surface area contributed by atoms with Crippen molar-refractivity contribution in [3.05, 3.63) is 11.6 Å². The van der Waals surface area contributed by atoms with Gasteiger partial charge in [0.1, 0.15) is 5.78 Å². The third-order valence-corrected chi connectivity index (χ3v) is 6.77. The molecule has 0 fully saturated rings. The normalized spacial score (nSPS) is 20.1. The van der Waals surface area contributed by atoms with Gasteiger partial charge >= 0.3 is 5.97 Å². The van der Waals surface area contributed by atoms with Gasteiger partial charge in [0, 0.05) is 12.3 Å². The third kappa shape index (κ3) is 11.9. The van der Waals surface area contributed by atoms with E-state index in [1.807, 2.05) is 0 Å². The molecule has 1 aliphatic rings. The summed E-state index contributed by atoms with van der Waals surface area (Å²) >= 11 is 0. The summed E-state index contributed by atoms with van der Waals surface area (Å²) in [6.45, 7) is 8.77. The largest absolute Gasteiger partial charge is 0.469 e. The lowest BCUT2D eigenvalue weighted by molar-refractivity contribution is -0.140. The molecule has 0 saturated carbocycles. The average molecular weight is 421 g/mol. The topological polar surface area (TPSA) is 43.4 Å². The molecule has 0 spiro atoms. The van der Waals surface area contributed by atoms with Gasteiger partial charge in [-0.15, -0.1) is 0 Å². The summed E-state index contributed by atoms with van der Waals surface area (Å²) in [6, 6.07) is 0. The molecule has 0 aromatic carbocycles. The highest BCUT2D eigenvalue weighted by Crippen LogP contribution is 2.36. The monoisotopic (exact) mass is 420 g/mol. The Labute approximate surface area is 186 Å². The summed E-state index contributed by atoms with van der Waals surface area (Å²) in [5.41, 5.74) is 1.59. The van der Waals surface area contributed by atoms with Crippen LogP contribution in [0.25, 0.3) is 0 Å². The zero-order valence-corrected chi connectivity index (χ0v) is 20.5. The van der Waals surface area contributed by atoms with E-state index in [0.717, 1.165) is 31.6 Å². The maximum absolute atomic E-state index is 12.2. The number of hydrogen-bond donors (Lipinski definition) is 0. The Kier molecular flexibility index (Phi) is 14.0. The Bertz CT molecular complexity index is 520. The van der Waals surface area contributed by atoms with Crippen LogP contribution in [0.1, 0.15) is 118 Å². The Morgan fingerprint density at radius 2 is 1.67 bits per heavy atom. The van der Waals surface area contributed by atoms with E-state index in [-0.39, 0.29) is 11.9 Å². The van der Waals surface area contributed by atoms with E-state index in [1.54, 1.807) is 12.5 Å². The Hall–Kier alpha value is -1.12. The fourth-order valence-electron chi connectivity index (χ4n) is 4.89. The first-order valence-electron chi connectivity index (χ1n) is 12.6. The molecule has 0 radical (unpaired) electrons. The molecule has 1 aliphatic carbocycles. The number of rotatable bonds is 16. The van der Waals surface area contributed by atoms with Gasteiger partial charge in [0.05, 0.1) is 7.11 Å². The van der Waals surface area contributed by atoms with Gasteiger partial charge in [-0.25, -0.2) is 0 Å². The van der Waals surface area contributed by atoms with Gasteiger partial charge in [0.15, 0.2) is 0 Å². The van der Waals surface area contributed by atoms with Gasteiger partial charge < -0.3 is 4.74 Å². The predicted molar refractivity (Wildman–Crippen MR) is 126 cm³/mol. The minimum atomic E-state index is -0.0908. The van der Waals surface area contributed by atoms with Crippen LogP contribution in [-0.2, 0) is 14.3 Å². The molecule has 1 rings (SSSR count). The molecule has 30 heavy (non-hydrogen) atoms. The van der Waals surface area contributed by atoms with Crippen LogP contribution in [0.15, 0.2) is 11.6 Å². The first-order chi connectivity index (χ1) is 14.3. The molecule has 0 N–H and O–H groups in total. The number of hydrogen-bond acceptors (Lipinski definition) is 3. The van der Waals surface area contributed by atoms with Crippen LogP contribution < -0.4 is 0 Å². The molecule has 0 amide bonds. The molecule has 0 heterocycles. The number of carbonyl (C=O) groups is 2. The Balaban J connectivity index is 2.34. The van der Waals surface area contributed by atoms with E-state index in [4.69, 9.17) is 0 Å². The molecule has 0 saturated heterocycles. The number of Topliss-reactive ketones (excluding diaryl/α,β-unsaturated/α-hetero) is 1.